The Morgan fingerprint density at radius 1 is 1.53 bits per heavy atom. The van der Waals surface area contributed by atoms with Gasteiger partial charge in [-0.3, -0.25) is 4.68 Å². The number of ether oxygens (including phenoxy) is 1. The molecule has 1 aromatic rings. The first-order valence-electron chi connectivity index (χ1n) is 5.99. The molecule has 0 aliphatic carbocycles. The van der Waals surface area contributed by atoms with E-state index in [1.54, 1.807) is 7.11 Å². The summed E-state index contributed by atoms with van der Waals surface area (Å²) in [7, 11) is 1.70. The van der Waals surface area contributed by atoms with Gasteiger partial charge in [0.05, 0.1) is 22.5 Å². The van der Waals surface area contributed by atoms with Gasteiger partial charge in [0.1, 0.15) is 0 Å². The van der Waals surface area contributed by atoms with Crippen molar-refractivity contribution >= 4 is 11.6 Å². The van der Waals surface area contributed by atoms with Crippen LogP contribution < -0.4 is 5.73 Å². The predicted molar refractivity (Wildman–Crippen MR) is 70.4 cm³/mol. The zero-order valence-electron chi connectivity index (χ0n) is 11.0. The molecule has 98 valence electrons. The second kappa shape index (κ2) is 6.38. The van der Waals surface area contributed by atoms with Crippen LogP contribution in [0.5, 0.6) is 0 Å². The molecule has 0 bridgehead atoms. The average Bonchev–Trinajstić information content (AvgIpc) is 2.56. The van der Waals surface area contributed by atoms with Gasteiger partial charge >= 0.3 is 0 Å². The van der Waals surface area contributed by atoms with Gasteiger partial charge in [0.25, 0.3) is 0 Å². The Balaban J connectivity index is 2.73. The maximum atomic E-state index is 6.24. The summed E-state index contributed by atoms with van der Waals surface area (Å²) in [5.41, 5.74) is 8.01. The smallest absolute Gasteiger partial charge is 0.0847 e. The number of hydrogen-bond donors (Lipinski definition) is 1. The van der Waals surface area contributed by atoms with Crippen LogP contribution in [0.2, 0.25) is 5.02 Å². The van der Waals surface area contributed by atoms with E-state index >= 15 is 0 Å². The molecule has 1 heterocycles. The number of nitrogens with two attached hydrogens (primary N) is 1. The Bertz CT molecular complexity index is 365. The van der Waals surface area contributed by atoms with Gasteiger partial charge in [-0.25, -0.2) is 0 Å². The third-order valence-electron chi connectivity index (χ3n) is 2.95. The Morgan fingerprint density at radius 3 is 2.71 bits per heavy atom. The maximum Gasteiger partial charge on any atom is 0.0847 e. The molecule has 0 fully saturated rings. The number of hydrogen-bond acceptors (Lipinski definition) is 3. The number of methoxy groups -OCH3 is 1. The second-order valence-electron chi connectivity index (χ2n) is 4.41. The second-order valence-corrected chi connectivity index (χ2v) is 4.79. The lowest BCUT2D eigenvalue weighted by molar-refractivity contribution is 0.104. The molecular formula is C12H22ClN3O. The minimum Gasteiger partial charge on any atom is -0.382 e. The van der Waals surface area contributed by atoms with E-state index in [-0.39, 0.29) is 12.1 Å². The molecular weight excluding hydrogens is 238 g/mol. The summed E-state index contributed by atoms with van der Waals surface area (Å²) in [6.07, 6.45) is 1.73. The highest BCUT2D eigenvalue weighted by molar-refractivity contribution is 6.31. The summed E-state index contributed by atoms with van der Waals surface area (Å²) in [6.45, 7) is 6.80. The summed E-state index contributed by atoms with van der Waals surface area (Å²) in [5.74, 6) is 0. The largest absolute Gasteiger partial charge is 0.382 e. The molecule has 0 aliphatic heterocycles. The Labute approximate surface area is 108 Å². The standard InChI is InChI=1S/C12H22ClN3O/c1-5-16-11(12(13)9(3)15-16)7-10(14)6-8(2)17-4/h8,10H,5-7,14H2,1-4H3. The van der Waals surface area contributed by atoms with Crippen molar-refractivity contribution in [2.75, 3.05) is 7.11 Å². The van der Waals surface area contributed by atoms with Crippen molar-refractivity contribution in [3.05, 3.63) is 16.4 Å². The van der Waals surface area contributed by atoms with Crippen LogP contribution >= 0.6 is 11.6 Å². The van der Waals surface area contributed by atoms with Crippen molar-refractivity contribution in [1.29, 1.82) is 0 Å². The van der Waals surface area contributed by atoms with E-state index in [4.69, 9.17) is 22.1 Å². The zero-order valence-corrected chi connectivity index (χ0v) is 11.8. The van der Waals surface area contributed by atoms with Crippen LogP contribution in [0, 0.1) is 6.92 Å². The highest BCUT2D eigenvalue weighted by Gasteiger charge is 2.17. The van der Waals surface area contributed by atoms with Crippen LogP contribution in [0.3, 0.4) is 0 Å². The fourth-order valence-electron chi connectivity index (χ4n) is 1.92. The topological polar surface area (TPSA) is 53.1 Å². The Morgan fingerprint density at radius 2 is 2.18 bits per heavy atom. The lowest BCUT2D eigenvalue weighted by Crippen LogP contribution is -2.29. The number of nitrogens with zero attached hydrogens (tertiary/aromatic N) is 2. The molecule has 1 aromatic heterocycles. The minimum atomic E-state index is 0.0452. The van der Waals surface area contributed by atoms with Gasteiger partial charge < -0.3 is 10.5 Å². The number of rotatable bonds is 6. The van der Waals surface area contributed by atoms with Crippen LogP contribution in [-0.2, 0) is 17.7 Å². The van der Waals surface area contributed by atoms with Gasteiger partial charge in [0, 0.05) is 26.1 Å². The predicted octanol–water partition coefficient (Wildman–Crippen LogP) is 2.16. The molecule has 2 atom stereocenters. The zero-order chi connectivity index (χ0) is 13.0. The molecule has 2 unspecified atom stereocenters. The van der Waals surface area contributed by atoms with Gasteiger partial charge in [-0.05, 0) is 27.2 Å². The number of halogens is 1. The molecule has 1 rings (SSSR count). The summed E-state index contributed by atoms with van der Waals surface area (Å²) in [4.78, 5) is 0. The summed E-state index contributed by atoms with van der Waals surface area (Å²) in [6, 6.07) is 0.0452. The van der Waals surface area contributed by atoms with Crippen LogP contribution in [0.4, 0.5) is 0 Å². The van der Waals surface area contributed by atoms with Crippen molar-refractivity contribution in [3.8, 4) is 0 Å². The average molecular weight is 260 g/mol. The maximum absolute atomic E-state index is 6.24. The van der Waals surface area contributed by atoms with Crippen LogP contribution in [0.25, 0.3) is 0 Å². The van der Waals surface area contributed by atoms with E-state index in [0.717, 1.165) is 35.8 Å². The fraction of sp³-hybridized carbons (Fsp3) is 0.750. The van der Waals surface area contributed by atoms with Crippen LogP contribution in [0.1, 0.15) is 31.7 Å². The number of aryl methyl sites for hydroxylation is 2. The molecule has 0 amide bonds. The molecule has 4 nitrogen and oxygen atoms in total. The highest BCUT2D eigenvalue weighted by atomic mass is 35.5. The monoisotopic (exact) mass is 259 g/mol. The quantitative estimate of drug-likeness (QED) is 0.852. The molecule has 0 saturated heterocycles. The van der Waals surface area contributed by atoms with E-state index in [9.17, 15) is 0 Å². The van der Waals surface area contributed by atoms with E-state index in [1.165, 1.54) is 0 Å². The lowest BCUT2D eigenvalue weighted by Gasteiger charge is -2.16. The van der Waals surface area contributed by atoms with E-state index in [1.807, 2.05) is 18.5 Å². The van der Waals surface area contributed by atoms with Crippen molar-refractivity contribution < 1.29 is 4.74 Å². The van der Waals surface area contributed by atoms with E-state index in [2.05, 4.69) is 12.0 Å². The van der Waals surface area contributed by atoms with Crippen molar-refractivity contribution in [1.82, 2.24) is 9.78 Å². The molecule has 0 aliphatic rings. The van der Waals surface area contributed by atoms with Gasteiger partial charge in [0.15, 0.2) is 0 Å². The molecule has 0 aromatic carbocycles. The first kappa shape index (κ1) is 14.5. The molecule has 0 spiro atoms. The molecule has 5 heteroatoms. The third kappa shape index (κ3) is 3.69. The van der Waals surface area contributed by atoms with Crippen LogP contribution in [-0.4, -0.2) is 29.0 Å². The van der Waals surface area contributed by atoms with Gasteiger partial charge in [-0.1, -0.05) is 11.6 Å². The van der Waals surface area contributed by atoms with E-state index in [0.29, 0.717) is 0 Å². The summed E-state index contributed by atoms with van der Waals surface area (Å²) >= 11 is 6.24. The number of aromatic nitrogens is 2. The van der Waals surface area contributed by atoms with Crippen LogP contribution in [0.15, 0.2) is 0 Å². The van der Waals surface area contributed by atoms with Gasteiger partial charge in [0.2, 0.25) is 0 Å². The fourth-order valence-corrected chi connectivity index (χ4v) is 2.13. The van der Waals surface area contributed by atoms with Crippen molar-refractivity contribution in [2.45, 2.75) is 52.3 Å². The molecule has 0 radical (unpaired) electrons. The summed E-state index contributed by atoms with van der Waals surface area (Å²) in [5, 5.41) is 5.12. The first-order chi connectivity index (χ1) is 7.99. The lowest BCUT2D eigenvalue weighted by atomic mass is 10.1. The normalized spacial score (nSPS) is 14.9. The third-order valence-corrected chi connectivity index (χ3v) is 3.44. The Hall–Kier alpha value is -0.580. The highest BCUT2D eigenvalue weighted by Crippen LogP contribution is 2.22. The SMILES string of the molecule is CCn1nc(C)c(Cl)c1CC(N)CC(C)OC. The minimum absolute atomic E-state index is 0.0452. The van der Waals surface area contributed by atoms with Crippen molar-refractivity contribution in [2.24, 2.45) is 5.73 Å². The van der Waals surface area contributed by atoms with Crippen molar-refractivity contribution in [3.63, 3.8) is 0 Å². The first-order valence-corrected chi connectivity index (χ1v) is 6.37. The summed E-state index contributed by atoms with van der Waals surface area (Å²) < 4.78 is 7.14. The van der Waals surface area contributed by atoms with E-state index < -0.39 is 0 Å². The van der Waals surface area contributed by atoms with Gasteiger partial charge in [-0.15, -0.1) is 0 Å². The van der Waals surface area contributed by atoms with Gasteiger partial charge in [-0.2, -0.15) is 5.10 Å². The molecule has 2 N–H and O–H groups in total. The molecule has 17 heavy (non-hydrogen) atoms. The molecule has 0 saturated carbocycles. The Kier molecular flexibility index (Phi) is 5.43.